The number of anilines is 1. The molecule has 0 spiro atoms. The van der Waals surface area contributed by atoms with Crippen molar-refractivity contribution < 1.29 is 4.74 Å². The molecule has 0 radical (unpaired) electrons. The van der Waals surface area contributed by atoms with Crippen LogP contribution in [0.4, 0.5) is 5.82 Å². The first-order chi connectivity index (χ1) is 7.09. The van der Waals surface area contributed by atoms with Gasteiger partial charge in [0.1, 0.15) is 5.82 Å². The van der Waals surface area contributed by atoms with E-state index in [1.54, 1.807) is 6.20 Å². The van der Waals surface area contributed by atoms with Crippen molar-refractivity contribution >= 4 is 5.82 Å². The predicted octanol–water partition coefficient (Wildman–Crippen LogP) is 2.19. The number of aromatic nitrogens is 1. The van der Waals surface area contributed by atoms with Gasteiger partial charge < -0.3 is 10.5 Å². The van der Waals surface area contributed by atoms with E-state index < -0.39 is 0 Å². The van der Waals surface area contributed by atoms with E-state index in [1.807, 2.05) is 6.92 Å². The molecule has 0 bridgehead atoms. The van der Waals surface area contributed by atoms with Crippen molar-refractivity contribution in [3.63, 3.8) is 0 Å². The molecule has 0 saturated carbocycles. The van der Waals surface area contributed by atoms with Crippen molar-refractivity contribution in [2.75, 3.05) is 18.9 Å². The molecule has 2 N–H and O–H groups in total. The van der Waals surface area contributed by atoms with Crippen molar-refractivity contribution in [3.8, 4) is 0 Å². The first kappa shape index (κ1) is 12.0. The third-order valence-electron chi connectivity index (χ3n) is 2.11. The molecule has 3 nitrogen and oxygen atoms in total. The molecule has 0 atom stereocenters. The monoisotopic (exact) mass is 208 g/mol. The van der Waals surface area contributed by atoms with Gasteiger partial charge in [-0.25, -0.2) is 4.98 Å². The van der Waals surface area contributed by atoms with Gasteiger partial charge in [0, 0.05) is 12.8 Å². The summed E-state index contributed by atoms with van der Waals surface area (Å²) in [7, 11) is 0. The van der Waals surface area contributed by atoms with Gasteiger partial charge in [-0.1, -0.05) is 19.9 Å². The number of nitrogens with two attached hydrogens (primary N) is 1. The standard InChI is InChI=1S/C12H20N2O/c1-9(2)8-15-5-4-11-6-10(3)7-14-12(11)13/h6-7,9H,4-5,8H2,1-3H3,(H2,13,14). The van der Waals surface area contributed by atoms with Crippen LogP contribution in [0.5, 0.6) is 0 Å². The van der Waals surface area contributed by atoms with Gasteiger partial charge in [-0.2, -0.15) is 0 Å². The van der Waals surface area contributed by atoms with Crippen molar-refractivity contribution in [1.29, 1.82) is 0 Å². The second-order valence-electron chi connectivity index (χ2n) is 4.28. The summed E-state index contributed by atoms with van der Waals surface area (Å²) in [4.78, 5) is 4.11. The number of rotatable bonds is 5. The van der Waals surface area contributed by atoms with E-state index in [-0.39, 0.29) is 0 Å². The van der Waals surface area contributed by atoms with Crippen LogP contribution in [0.1, 0.15) is 25.0 Å². The molecule has 0 unspecified atom stereocenters. The van der Waals surface area contributed by atoms with Crippen LogP contribution >= 0.6 is 0 Å². The summed E-state index contributed by atoms with van der Waals surface area (Å²) in [5.41, 5.74) is 7.99. The number of nitrogen functional groups attached to an aromatic ring is 1. The van der Waals surface area contributed by atoms with Gasteiger partial charge in [-0.3, -0.25) is 0 Å². The van der Waals surface area contributed by atoms with Crippen LogP contribution < -0.4 is 5.73 Å². The lowest BCUT2D eigenvalue weighted by molar-refractivity contribution is 0.112. The summed E-state index contributed by atoms with van der Waals surface area (Å²) in [5.74, 6) is 1.20. The Kier molecular flexibility index (Phi) is 4.56. The molecule has 1 aromatic rings. The SMILES string of the molecule is Cc1cnc(N)c(CCOCC(C)C)c1. The lowest BCUT2D eigenvalue weighted by Crippen LogP contribution is -2.07. The van der Waals surface area contributed by atoms with Crippen LogP contribution in [0.2, 0.25) is 0 Å². The third-order valence-corrected chi connectivity index (χ3v) is 2.11. The zero-order valence-electron chi connectivity index (χ0n) is 9.79. The Balaban J connectivity index is 2.40. The van der Waals surface area contributed by atoms with Crippen LogP contribution in [-0.4, -0.2) is 18.2 Å². The fourth-order valence-corrected chi connectivity index (χ4v) is 1.34. The van der Waals surface area contributed by atoms with Gasteiger partial charge >= 0.3 is 0 Å². The Bertz CT molecular complexity index is 310. The molecule has 0 aliphatic rings. The van der Waals surface area contributed by atoms with Crippen molar-refractivity contribution in [1.82, 2.24) is 4.98 Å². The molecule has 0 aliphatic heterocycles. The molecular formula is C12H20N2O. The van der Waals surface area contributed by atoms with Crippen LogP contribution in [0.15, 0.2) is 12.3 Å². The number of aryl methyl sites for hydroxylation is 1. The van der Waals surface area contributed by atoms with Crippen molar-refractivity contribution in [2.24, 2.45) is 5.92 Å². The Morgan fingerprint density at radius 3 is 2.87 bits per heavy atom. The molecule has 1 heterocycles. The van der Waals surface area contributed by atoms with Gasteiger partial charge in [0.05, 0.1) is 6.61 Å². The predicted molar refractivity (Wildman–Crippen MR) is 62.7 cm³/mol. The summed E-state index contributed by atoms with van der Waals surface area (Å²) in [6.07, 6.45) is 2.63. The highest BCUT2D eigenvalue weighted by Crippen LogP contribution is 2.11. The second kappa shape index (κ2) is 5.71. The van der Waals surface area contributed by atoms with Gasteiger partial charge in [0.2, 0.25) is 0 Å². The first-order valence-corrected chi connectivity index (χ1v) is 5.38. The van der Waals surface area contributed by atoms with Crippen LogP contribution in [0.3, 0.4) is 0 Å². The summed E-state index contributed by atoms with van der Waals surface area (Å²) >= 11 is 0. The lowest BCUT2D eigenvalue weighted by Gasteiger charge is -2.08. The number of hydrogen-bond acceptors (Lipinski definition) is 3. The van der Waals surface area contributed by atoms with Gasteiger partial charge in [-0.15, -0.1) is 0 Å². The van der Waals surface area contributed by atoms with Gasteiger partial charge in [0.25, 0.3) is 0 Å². The Hall–Kier alpha value is -1.09. The number of nitrogens with zero attached hydrogens (tertiary/aromatic N) is 1. The fourth-order valence-electron chi connectivity index (χ4n) is 1.34. The zero-order valence-corrected chi connectivity index (χ0v) is 9.79. The van der Waals surface area contributed by atoms with Gasteiger partial charge in [-0.05, 0) is 30.4 Å². The summed E-state index contributed by atoms with van der Waals surface area (Å²) < 4.78 is 5.51. The fraction of sp³-hybridized carbons (Fsp3) is 0.583. The maximum Gasteiger partial charge on any atom is 0.126 e. The number of hydrogen-bond donors (Lipinski definition) is 1. The zero-order chi connectivity index (χ0) is 11.3. The Morgan fingerprint density at radius 2 is 2.20 bits per heavy atom. The Morgan fingerprint density at radius 1 is 1.47 bits per heavy atom. The molecule has 84 valence electrons. The van der Waals surface area contributed by atoms with E-state index in [1.165, 1.54) is 0 Å². The molecule has 0 fully saturated rings. The van der Waals surface area contributed by atoms with E-state index in [4.69, 9.17) is 10.5 Å². The van der Waals surface area contributed by atoms with E-state index >= 15 is 0 Å². The second-order valence-corrected chi connectivity index (χ2v) is 4.28. The van der Waals surface area contributed by atoms with Crippen LogP contribution in [0.25, 0.3) is 0 Å². The molecule has 15 heavy (non-hydrogen) atoms. The van der Waals surface area contributed by atoms with E-state index in [0.717, 1.165) is 24.2 Å². The largest absolute Gasteiger partial charge is 0.383 e. The third kappa shape index (κ3) is 4.30. The molecule has 1 aromatic heterocycles. The lowest BCUT2D eigenvalue weighted by atomic mass is 10.1. The van der Waals surface area contributed by atoms with Gasteiger partial charge in [0.15, 0.2) is 0 Å². The normalized spacial score (nSPS) is 10.9. The van der Waals surface area contributed by atoms with E-state index in [0.29, 0.717) is 18.3 Å². The molecule has 0 aliphatic carbocycles. The highest BCUT2D eigenvalue weighted by atomic mass is 16.5. The van der Waals surface area contributed by atoms with E-state index in [2.05, 4.69) is 24.9 Å². The molecular weight excluding hydrogens is 188 g/mol. The topological polar surface area (TPSA) is 48.1 Å². The molecule has 0 saturated heterocycles. The highest BCUT2D eigenvalue weighted by Gasteiger charge is 2.01. The molecule has 1 rings (SSSR count). The van der Waals surface area contributed by atoms with Crippen LogP contribution in [-0.2, 0) is 11.2 Å². The van der Waals surface area contributed by atoms with Crippen molar-refractivity contribution in [2.45, 2.75) is 27.2 Å². The quantitative estimate of drug-likeness (QED) is 0.754. The molecule has 0 amide bonds. The number of ether oxygens (including phenoxy) is 1. The average Bonchev–Trinajstić information content (AvgIpc) is 2.17. The minimum absolute atomic E-state index is 0.581. The minimum atomic E-state index is 0.581. The highest BCUT2D eigenvalue weighted by molar-refractivity contribution is 5.40. The van der Waals surface area contributed by atoms with E-state index in [9.17, 15) is 0 Å². The maximum absolute atomic E-state index is 5.76. The average molecular weight is 208 g/mol. The minimum Gasteiger partial charge on any atom is -0.383 e. The number of pyridine rings is 1. The summed E-state index contributed by atoms with van der Waals surface area (Å²) in [6, 6.07) is 2.07. The first-order valence-electron chi connectivity index (χ1n) is 5.38. The summed E-state index contributed by atoms with van der Waals surface area (Å²) in [5, 5.41) is 0. The maximum atomic E-state index is 5.76. The molecule has 3 heteroatoms. The van der Waals surface area contributed by atoms with Crippen LogP contribution in [0, 0.1) is 12.8 Å². The van der Waals surface area contributed by atoms with Crippen molar-refractivity contribution in [3.05, 3.63) is 23.4 Å². The summed E-state index contributed by atoms with van der Waals surface area (Å²) in [6.45, 7) is 7.82. The Labute approximate surface area is 91.7 Å². The molecule has 0 aromatic carbocycles. The smallest absolute Gasteiger partial charge is 0.126 e.